The van der Waals surface area contributed by atoms with Gasteiger partial charge >= 0.3 is 0 Å². The van der Waals surface area contributed by atoms with Crippen LogP contribution in [0.1, 0.15) is 32.6 Å². The van der Waals surface area contributed by atoms with Gasteiger partial charge in [0.05, 0.1) is 7.11 Å². The molecule has 1 aromatic rings. The molecule has 0 bridgehead atoms. The number of hydrogen-bond acceptors (Lipinski definition) is 5. The lowest BCUT2D eigenvalue weighted by Crippen LogP contribution is -2.21. The number of anilines is 2. The highest BCUT2D eigenvalue weighted by Crippen LogP contribution is 2.29. The smallest absolute Gasteiger partial charge is 0.242 e. The predicted octanol–water partition coefficient (Wildman–Crippen LogP) is 2.31. The van der Waals surface area contributed by atoms with Crippen molar-refractivity contribution in [3.8, 4) is 5.88 Å². The van der Waals surface area contributed by atoms with Crippen molar-refractivity contribution >= 4 is 11.5 Å². The molecular weight excluding hydrogens is 228 g/mol. The zero-order valence-electron chi connectivity index (χ0n) is 11.1. The van der Waals surface area contributed by atoms with Crippen LogP contribution in [0.2, 0.25) is 0 Å². The lowest BCUT2D eigenvalue weighted by molar-refractivity contribution is 0.300. The Hall–Kier alpha value is -1.52. The van der Waals surface area contributed by atoms with E-state index in [1.807, 2.05) is 0 Å². The minimum atomic E-state index is 0.435. The number of nitrogens with two attached hydrogens (primary N) is 1. The number of methoxy groups -OCH3 is 1. The van der Waals surface area contributed by atoms with E-state index in [0.717, 1.165) is 18.4 Å². The van der Waals surface area contributed by atoms with Crippen LogP contribution in [0.15, 0.2) is 6.33 Å². The van der Waals surface area contributed by atoms with Gasteiger partial charge in [0.2, 0.25) is 5.88 Å². The fourth-order valence-corrected chi connectivity index (χ4v) is 2.46. The highest BCUT2D eigenvalue weighted by Gasteiger charge is 2.18. The normalized spacial score (nSPS) is 23.7. The van der Waals surface area contributed by atoms with E-state index in [9.17, 15) is 0 Å². The molecule has 0 saturated heterocycles. The summed E-state index contributed by atoms with van der Waals surface area (Å²) in [6.07, 6.45) is 6.71. The van der Waals surface area contributed by atoms with Gasteiger partial charge in [0.25, 0.3) is 0 Å². The topological polar surface area (TPSA) is 73.1 Å². The van der Waals surface area contributed by atoms with Crippen molar-refractivity contribution in [2.75, 3.05) is 24.7 Å². The maximum Gasteiger partial charge on any atom is 0.242 e. The third-order valence-corrected chi connectivity index (χ3v) is 3.73. The van der Waals surface area contributed by atoms with E-state index in [2.05, 4.69) is 22.2 Å². The first-order valence-electron chi connectivity index (χ1n) is 6.59. The number of nitrogens with one attached hydrogen (secondary N) is 1. The lowest BCUT2D eigenvalue weighted by atomic mass is 9.83. The van der Waals surface area contributed by atoms with E-state index in [1.165, 1.54) is 32.0 Å². The molecule has 1 fully saturated rings. The second-order valence-corrected chi connectivity index (χ2v) is 5.15. The first kappa shape index (κ1) is 12.9. The van der Waals surface area contributed by atoms with E-state index in [-0.39, 0.29) is 0 Å². The van der Waals surface area contributed by atoms with Gasteiger partial charge < -0.3 is 15.8 Å². The third-order valence-electron chi connectivity index (χ3n) is 3.73. The molecule has 0 amide bonds. The zero-order valence-corrected chi connectivity index (χ0v) is 11.1. The number of nitrogen functional groups attached to an aromatic ring is 1. The fourth-order valence-electron chi connectivity index (χ4n) is 2.46. The Labute approximate surface area is 108 Å². The molecule has 2 rings (SSSR count). The van der Waals surface area contributed by atoms with Crippen LogP contribution in [0, 0.1) is 11.8 Å². The summed E-state index contributed by atoms with van der Waals surface area (Å²) in [5, 5.41) is 3.32. The molecule has 1 aliphatic rings. The highest BCUT2D eigenvalue weighted by atomic mass is 16.5. The molecule has 1 heterocycles. The molecule has 1 aromatic heterocycles. The Morgan fingerprint density at radius 2 is 2.06 bits per heavy atom. The molecule has 0 atom stereocenters. The minimum absolute atomic E-state index is 0.435. The van der Waals surface area contributed by atoms with Crippen molar-refractivity contribution in [3.05, 3.63) is 6.33 Å². The summed E-state index contributed by atoms with van der Waals surface area (Å²) in [4.78, 5) is 8.12. The van der Waals surface area contributed by atoms with Crippen LogP contribution in [-0.4, -0.2) is 23.6 Å². The third kappa shape index (κ3) is 3.03. The Bertz CT molecular complexity index is 389. The van der Waals surface area contributed by atoms with Gasteiger partial charge in [-0.25, -0.2) is 4.98 Å². The van der Waals surface area contributed by atoms with E-state index in [1.54, 1.807) is 7.11 Å². The molecule has 100 valence electrons. The Kier molecular flexibility index (Phi) is 4.23. The van der Waals surface area contributed by atoms with Crippen molar-refractivity contribution in [1.29, 1.82) is 0 Å². The molecule has 0 unspecified atom stereocenters. The first-order valence-corrected chi connectivity index (χ1v) is 6.59. The molecule has 5 nitrogen and oxygen atoms in total. The summed E-state index contributed by atoms with van der Waals surface area (Å²) in [6, 6.07) is 0. The SMILES string of the molecule is COc1ncnc(NCC2CCC(C)CC2)c1N. The molecule has 0 radical (unpaired) electrons. The van der Waals surface area contributed by atoms with Crippen LogP contribution in [-0.2, 0) is 0 Å². The van der Waals surface area contributed by atoms with Gasteiger partial charge in [-0.15, -0.1) is 0 Å². The second-order valence-electron chi connectivity index (χ2n) is 5.15. The van der Waals surface area contributed by atoms with Gasteiger partial charge in [-0.05, 0) is 24.7 Å². The van der Waals surface area contributed by atoms with Gasteiger partial charge in [-0.2, -0.15) is 4.98 Å². The number of hydrogen-bond donors (Lipinski definition) is 2. The van der Waals surface area contributed by atoms with E-state index < -0.39 is 0 Å². The maximum atomic E-state index is 5.92. The average Bonchev–Trinajstić information content (AvgIpc) is 2.39. The molecule has 0 aliphatic heterocycles. The van der Waals surface area contributed by atoms with Gasteiger partial charge in [-0.3, -0.25) is 0 Å². The monoisotopic (exact) mass is 250 g/mol. The molecular formula is C13H22N4O. The minimum Gasteiger partial charge on any atom is -0.479 e. The van der Waals surface area contributed by atoms with Crippen molar-refractivity contribution in [2.45, 2.75) is 32.6 Å². The number of ether oxygens (including phenoxy) is 1. The molecule has 18 heavy (non-hydrogen) atoms. The molecule has 3 N–H and O–H groups in total. The Morgan fingerprint density at radius 3 is 2.72 bits per heavy atom. The van der Waals surface area contributed by atoms with Crippen molar-refractivity contribution < 1.29 is 4.74 Å². The van der Waals surface area contributed by atoms with Crippen LogP contribution >= 0.6 is 0 Å². The van der Waals surface area contributed by atoms with Crippen molar-refractivity contribution in [3.63, 3.8) is 0 Å². The molecule has 0 spiro atoms. The fraction of sp³-hybridized carbons (Fsp3) is 0.692. The van der Waals surface area contributed by atoms with Gasteiger partial charge in [0.1, 0.15) is 12.0 Å². The largest absolute Gasteiger partial charge is 0.479 e. The maximum absolute atomic E-state index is 5.92. The van der Waals surface area contributed by atoms with Gasteiger partial charge in [0.15, 0.2) is 5.82 Å². The standard InChI is InChI=1S/C13H22N4O/c1-9-3-5-10(6-4-9)7-15-12-11(14)13(18-2)17-8-16-12/h8-10H,3-7,14H2,1-2H3,(H,15,16,17). The molecule has 5 heteroatoms. The van der Waals surface area contributed by atoms with Crippen LogP contribution in [0.4, 0.5) is 11.5 Å². The van der Waals surface area contributed by atoms with Crippen LogP contribution in [0.25, 0.3) is 0 Å². The quantitative estimate of drug-likeness (QED) is 0.857. The molecule has 1 saturated carbocycles. The van der Waals surface area contributed by atoms with Crippen molar-refractivity contribution in [2.24, 2.45) is 11.8 Å². The summed E-state index contributed by atoms with van der Waals surface area (Å²) in [5.74, 6) is 2.72. The number of rotatable bonds is 4. The van der Waals surface area contributed by atoms with Gasteiger partial charge in [-0.1, -0.05) is 19.8 Å². The Balaban J connectivity index is 1.90. The lowest BCUT2D eigenvalue weighted by Gasteiger charge is -2.26. The summed E-state index contributed by atoms with van der Waals surface area (Å²) >= 11 is 0. The van der Waals surface area contributed by atoms with Gasteiger partial charge in [0, 0.05) is 6.54 Å². The van der Waals surface area contributed by atoms with E-state index in [0.29, 0.717) is 17.4 Å². The number of nitrogens with zero attached hydrogens (tertiary/aromatic N) is 2. The highest BCUT2D eigenvalue weighted by molar-refractivity contribution is 5.66. The average molecular weight is 250 g/mol. The van der Waals surface area contributed by atoms with E-state index in [4.69, 9.17) is 10.5 Å². The van der Waals surface area contributed by atoms with Crippen LogP contribution in [0.5, 0.6) is 5.88 Å². The molecule has 1 aliphatic carbocycles. The summed E-state index contributed by atoms with van der Waals surface area (Å²) < 4.78 is 5.08. The zero-order chi connectivity index (χ0) is 13.0. The second kappa shape index (κ2) is 5.89. The summed E-state index contributed by atoms with van der Waals surface area (Å²) in [6.45, 7) is 3.26. The van der Waals surface area contributed by atoms with Crippen LogP contribution in [0.3, 0.4) is 0 Å². The summed E-state index contributed by atoms with van der Waals surface area (Å²) in [7, 11) is 1.56. The van der Waals surface area contributed by atoms with Crippen molar-refractivity contribution in [1.82, 2.24) is 9.97 Å². The number of aromatic nitrogens is 2. The molecule has 0 aromatic carbocycles. The van der Waals surface area contributed by atoms with E-state index >= 15 is 0 Å². The van der Waals surface area contributed by atoms with Crippen LogP contribution < -0.4 is 15.8 Å². The predicted molar refractivity (Wildman–Crippen MR) is 72.6 cm³/mol. The first-order chi connectivity index (χ1) is 8.70. The Morgan fingerprint density at radius 1 is 1.33 bits per heavy atom. The summed E-state index contributed by atoms with van der Waals surface area (Å²) in [5.41, 5.74) is 6.41.